The van der Waals surface area contributed by atoms with Gasteiger partial charge in [0.1, 0.15) is 11.8 Å². The van der Waals surface area contributed by atoms with Gasteiger partial charge in [-0.15, -0.1) is 0 Å². The van der Waals surface area contributed by atoms with Crippen LogP contribution in [0.25, 0.3) is 0 Å². The lowest BCUT2D eigenvalue weighted by Crippen LogP contribution is -2.56. The Bertz CT molecular complexity index is 769. The molecule has 0 saturated carbocycles. The first-order valence-corrected chi connectivity index (χ1v) is 10.3. The lowest BCUT2D eigenvalue weighted by atomic mass is 10.0. The van der Waals surface area contributed by atoms with Crippen LogP contribution < -0.4 is 10.1 Å². The highest BCUT2D eigenvalue weighted by molar-refractivity contribution is 7.89. The third kappa shape index (κ3) is 4.98. The molecule has 8 nitrogen and oxygen atoms in total. The number of hydrogen-bond donors (Lipinski definition) is 1. The van der Waals surface area contributed by atoms with Crippen LogP contribution in [0.15, 0.2) is 29.2 Å². The molecule has 0 spiro atoms. The van der Waals surface area contributed by atoms with Crippen molar-refractivity contribution >= 4 is 21.8 Å². The second-order valence-electron chi connectivity index (χ2n) is 6.83. The van der Waals surface area contributed by atoms with E-state index in [0.29, 0.717) is 5.75 Å². The van der Waals surface area contributed by atoms with E-state index in [1.807, 2.05) is 13.8 Å². The third-order valence-corrected chi connectivity index (χ3v) is 6.45. The molecule has 1 aliphatic heterocycles. The van der Waals surface area contributed by atoms with Crippen molar-refractivity contribution in [2.45, 2.75) is 31.7 Å². The number of carbonyl (C=O) groups excluding carboxylic acids is 2. The molecule has 1 aliphatic rings. The summed E-state index contributed by atoms with van der Waals surface area (Å²) in [6.45, 7) is 6.11. The predicted octanol–water partition coefficient (Wildman–Crippen LogP) is 0.689. The molecule has 1 fully saturated rings. The minimum atomic E-state index is -3.62. The Hall–Kier alpha value is -2.13. The van der Waals surface area contributed by atoms with Gasteiger partial charge in [0.15, 0.2) is 0 Å². The summed E-state index contributed by atoms with van der Waals surface area (Å²) in [4.78, 5) is 25.9. The Kier molecular flexibility index (Phi) is 6.83. The molecule has 1 N–H and O–H groups in total. The smallest absolute Gasteiger partial charge is 0.245 e. The second-order valence-corrected chi connectivity index (χ2v) is 8.77. The van der Waals surface area contributed by atoms with Gasteiger partial charge in [0, 0.05) is 33.1 Å². The van der Waals surface area contributed by atoms with E-state index < -0.39 is 16.1 Å². The van der Waals surface area contributed by atoms with Crippen LogP contribution in [0.2, 0.25) is 0 Å². The van der Waals surface area contributed by atoms with E-state index in [1.165, 1.54) is 30.5 Å². The van der Waals surface area contributed by atoms with Crippen LogP contribution in [0.5, 0.6) is 5.75 Å². The number of amides is 2. The van der Waals surface area contributed by atoms with E-state index in [9.17, 15) is 18.0 Å². The van der Waals surface area contributed by atoms with E-state index in [-0.39, 0.29) is 48.8 Å². The fraction of sp³-hybridized carbons (Fsp3) is 0.556. The first-order valence-electron chi connectivity index (χ1n) is 8.87. The molecule has 1 heterocycles. The monoisotopic (exact) mass is 397 g/mol. The lowest BCUT2D eigenvalue weighted by molar-refractivity contribution is -0.138. The summed E-state index contributed by atoms with van der Waals surface area (Å²) in [7, 11) is -2.10. The van der Waals surface area contributed by atoms with E-state index in [4.69, 9.17) is 4.74 Å². The lowest BCUT2D eigenvalue weighted by Gasteiger charge is -2.36. The van der Waals surface area contributed by atoms with Crippen molar-refractivity contribution in [2.24, 2.45) is 5.92 Å². The van der Waals surface area contributed by atoms with E-state index in [0.717, 1.165) is 0 Å². The van der Waals surface area contributed by atoms with Crippen LogP contribution in [0, 0.1) is 5.92 Å². The molecule has 0 radical (unpaired) electrons. The fourth-order valence-electron chi connectivity index (χ4n) is 2.97. The highest BCUT2D eigenvalue weighted by Crippen LogP contribution is 2.21. The summed E-state index contributed by atoms with van der Waals surface area (Å²) in [5.41, 5.74) is 0. The third-order valence-electron chi connectivity index (χ3n) is 4.54. The summed E-state index contributed by atoms with van der Waals surface area (Å²) >= 11 is 0. The van der Waals surface area contributed by atoms with Crippen LogP contribution >= 0.6 is 0 Å². The average Bonchev–Trinajstić information content (AvgIpc) is 2.65. The Morgan fingerprint density at radius 2 is 1.63 bits per heavy atom. The highest BCUT2D eigenvalue weighted by atomic mass is 32.2. The number of methoxy groups -OCH3 is 1. The van der Waals surface area contributed by atoms with Gasteiger partial charge in [-0.2, -0.15) is 4.31 Å². The van der Waals surface area contributed by atoms with Gasteiger partial charge in [-0.1, -0.05) is 13.8 Å². The van der Waals surface area contributed by atoms with Crippen LogP contribution in [0.3, 0.4) is 0 Å². The predicted molar refractivity (Wildman–Crippen MR) is 101 cm³/mol. The SMILES string of the molecule is COc1ccc(S(=O)(=O)N2CCN(C(=O)[C@@H](NC(C)=O)C(C)C)CC2)cc1. The summed E-state index contributed by atoms with van der Waals surface area (Å²) in [5, 5.41) is 2.68. The zero-order valence-electron chi connectivity index (χ0n) is 16.1. The topological polar surface area (TPSA) is 96.0 Å². The number of ether oxygens (including phenoxy) is 1. The zero-order chi connectivity index (χ0) is 20.2. The Morgan fingerprint density at radius 3 is 2.07 bits per heavy atom. The number of hydrogen-bond acceptors (Lipinski definition) is 5. The Labute approximate surface area is 160 Å². The molecule has 2 rings (SSSR count). The number of nitrogens with zero attached hydrogens (tertiary/aromatic N) is 2. The molecule has 0 unspecified atom stereocenters. The van der Waals surface area contributed by atoms with Crippen molar-refractivity contribution in [3.8, 4) is 5.75 Å². The van der Waals surface area contributed by atoms with Crippen molar-refractivity contribution in [2.75, 3.05) is 33.3 Å². The second kappa shape index (κ2) is 8.71. The van der Waals surface area contributed by atoms with E-state index >= 15 is 0 Å². The van der Waals surface area contributed by atoms with Crippen molar-refractivity contribution in [3.63, 3.8) is 0 Å². The summed E-state index contributed by atoms with van der Waals surface area (Å²) in [6.07, 6.45) is 0. The normalized spacial score (nSPS) is 16.9. The minimum Gasteiger partial charge on any atom is -0.497 e. The first-order chi connectivity index (χ1) is 12.7. The molecular weight excluding hydrogens is 370 g/mol. The number of benzene rings is 1. The van der Waals surface area contributed by atoms with Gasteiger partial charge in [0.25, 0.3) is 0 Å². The molecule has 1 aromatic carbocycles. The maximum absolute atomic E-state index is 12.8. The van der Waals surface area contributed by atoms with Gasteiger partial charge in [-0.25, -0.2) is 8.42 Å². The summed E-state index contributed by atoms with van der Waals surface area (Å²) < 4.78 is 32.0. The quantitative estimate of drug-likeness (QED) is 0.762. The number of carbonyl (C=O) groups is 2. The maximum atomic E-state index is 12.8. The minimum absolute atomic E-state index is 0.0533. The molecule has 9 heteroatoms. The molecule has 0 aromatic heterocycles. The van der Waals surface area contributed by atoms with Gasteiger partial charge in [0.05, 0.1) is 12.0 Å². The number of sulfonamides is 1. The molecular formula is C18H27N3O5S. The van der Waals surface area contributed by atoms with Crippen LogP contribution in [0.4, 0.5) is 0 Å². The molecule has 150 valence electrons. The van der Waals surface area contributed by atoms with Crippen molar-refractivity contribution in [1.29, 1.82) is 0 Å². The fourth-order valence-corrected chi connectivity index (χ4v) is 4.40. The van der Waals surface area contributed by atoms with E-state index in [2.05, 4.69) is 5.32 Å². The molecule has 0 bridgehead atoms. The van der Waals surface area contributed by atoms with Crippen molar-refractivity contribution < 1.29 is 22.7 Å². The molecule has 1 saturated heterocycles. The van der Waals surface area contributed by atoms with Gasteiger partial charge < -0.3 is 15.0 Å². The van der Waals surface area contributed by atoms with Gasteiger partial charge in [-0.3, -0.25) is 9.59 Å². The zero-order valence-corrected chi connectivity index (χ0v) is 17.0. The first kappa shape index (κ1) is 21.2. The van der Waals surface area contributed by atoms with Crippen molar-refractivity contribution in [1.82, 2.24) is 14.5 Å². The summed E-state index contributed by atoms with van der Waals surface area (Å²) in [6, 6.07) is 5.63. The standard InChI is InChI=1S/C18H27N3O5S/c1-13(2)17(19-14(3)22)18(23)20-9-11-21(12-10-20)27(24,25)16-7-5-15(26-4)6-8-16/h5-8,13,17H,9-12H2,1-4H3,(H,19,22)/t17-/m0/s1. The average molecular weight is 397 g/mol. The largest absolute Gasteiger partial charge is 0.497 e. The van der Waals surface area contributed by atoms with E-state index in [1.54, 1.807) is 17.0 Å². The molecule has 1 aromatic rings. The van der Waals surface area contributed by atoms with Gasteiger partial charge in [0.2, 0.25) is 21.8 Å². The summed E-state index contributed by atoms with van der Waals surface area (Å²) in [5.74, 6) is 0.0917. The van der Waals surface area contributed by atoms with Crippen LogP contribution in [-0.4, -0.2) is 68.8 Å². The van der Waals surface area contributed by atoms with Gasteiger partial charge >= 0.3 is 0 Å². The molecule has 2 amide bonds. The molecule has 1 atom stereocenters. The molecule has 0 aliphatic carbocycles. The Balaban J connectivity index is 2.04. The Morgan fingerprint density at radius 1 is 1.07 bits per heavy atom. The number of rotatable bonds is 6. The van der Waals surface area contributed by atoms with Crippen LogP contribution in [0.1, 0.15) is 20.8 Å². The number of piperazine rings is 1. The number of nitrogens with one attached hydrogen (secondary N) is 1. The highest BCUT2D eigenvalue weighted by Gasteiger charge is 2.33. The van der Waals surface area contributed by atoms with Crippen LogP contribution in [-0.2, 0) is 19.6 Å². The molecule has 27 heavy (non-hydrogen) atoms. The maximum Gasteiger partial charge on any atom is 0.245 e. The van der Waals surface area contributed by atoms with Crippen molar-refractivity contribution in [3.05, 3.63) is 24.3 Å². The van der Waals surface area contributed by atoms with Gasteiger partial charge in [-0.05, 0) is 30.2 Å².